The number of hydrogen-bond donors (Lipinski definition) is 1. The van der Waals surface area contributed by atoms with Gasteiger partial charge in [0, 0.05) is 20.3 Å². The number of nitrogens with zero attached hydrogens (tertiary/aromatic N) is 1. The van der Waals surface area contributed by atoms with E-state index in [0.29, 0.717) is 11.3 Å². The first-order valence-corrected chi connectivity index (χ1v) is 11.2. The van der Waals surface area contributed by atoms with Gasteiger partial charge in [0.2, 0.25) is 0 Å². The van der Waals surface area contributed by atoms with Crippen LogP contribution in [-0.4, -0.2) is 26.7 Å². The van der Waals surface area contributed by atoms with Crippen LogP contribution in [-0.2, 0) is 0 Å². The molecule has 0 fully saturated rings. The summed E-state index contributed by atoms with van der Waals surface area (Å²) in [6.45, 7) is 0. The van der Waals surface area contributed by atoms with E-state index >= 15 is 0 Å². The number of hydrogen-bond acceptors (Lipinski definition) is 2. The van der Waals surface area contributed by atoms with E-state index in [1.165, 1.54) is 18.2 Å². The van der Waals surface area contributed by atoms with Crippen LogP contribution in [0.15, 0.2) is 53.6 Å². The Bertz CT molecular complexity index is 730. The first kappa shape index (κ1) is 28.1. The fourth-order valence-corrected chi connectivity index (χ4v) is 1.72. The molecule has 2 N–H and O–H groups in total. The minimum atomic E-state index is -9.19. The van der Waals surface area contributed by atoms with E-state index in [4.69, 9.17) is 14.7 Å². The van der Waals surface area contributed by atoms with Gasteiger partial charge in [-0.2, -0.15) is 5.53 Å². The molecule has 0 amide bonds. The summed E-state index contributed by atoms with van der Waals surface area (Å²) >= 11 is -9.19. The minimum absolute atomic E-state index is 0. The second-order valence-corrected chi connectivity index (χ2v) is 7.98. The molecule has 0 atom stereocenters. The molecule has 0 saturated heterocycles. The van der Waals surface area contributed by atoms with Crippen LogP contribution in [0, 0.1) is 0 Å². The molecule has 0 aliphatic carbocycles. The zero-order valence-corrected chi connectivity index (χ0v) is 15.7. The molecule has 15 heteroatoms. The van der Waals surface area contributed by atoms with Gasteiger partial charge in [-0.1, -0.05) is 36.4 Å². The Morgan fingerprint density at radius 3 is 1.61 bits per heavy atom. The number of ether oxygens (including phenoxy) is 1. The molecule has 0 unspecified atom stereocenters. The molecule has 0 heterocycles. The van der Waals surface area contributed by atoms with Crippen molar-refractivity contribution in [2.24, 2.45) is 5.11 Å². The maximum Gasteiger partial charge on any atom is 0.573 e. The van der Waals surface area contributed by atoms with Crippen molar-refractivity contribution in [2.75, 3.05) is 0 Å². The van der Waals surface area contributed by atoms with E-state index in [9.17, 15) is 27.2 Å². The topological polar surface area (TPSA) is 47.2 Å². The van der Waals surface area contributed by atoms with Gasteiger partial charge in [0.15, 0.2) is 0 Å². The number of rotatable bonds is 3. The summed E-state index contributed by atoms with van der Waals surface area (Å²) in [4.78, 5) is 0. The van der Waals surface area contributed by atoms with Gasteiger partial charge in [-0.15, -0.1) is 13.2 Å². The molecule has 0 saturated carbocycles. The number of halogens is 11. The average Bonchev–Trinajstić information content (AvgIpc) is 2.53. The molecule has 2 rings (SSSR count). The Balaban J connectivity index is 0. The van der Waals surface area contributed by atoms with Crippen LogP contribution in [0.4, 0.5) is 42.1 Å². The van der Waals surface area contributed by atoms with Crippen molar-refractivity contribution in [1.29, 1.82) is 0 Å². The van der Waals surface area contributed by atoms with Gasteiger partial charge in [0.25, 0.3) is 0 Å². The summed E-state index contributed by atoms with van der Waals surface area (Å²) in [5.41, 5.74) is 6.38. The van der Waals surface area contributed by atoms with Gasteiger partial charge in [0.05, 0.1) is 0 Å². The first-order chi connectivity index (χ1) is 12.2. The fraction of sp³-hybridized carbons (Fsp3) is 0.0769. The van der Waals surface area contributed by atoms with E-state index in [1.807, 2.05) is 0 Å². The standard InChI is InChI=1S/C13H9F3N2O.F2.6FH.Sb/c14-13(15,16)19-12-8-4-2-6-10(12)9-5-1-3-7-11(9)18-17;1-2;;;;;;;/h1-8,17H;;6*1H;/q;;;;;;;;+5/p-5. The van der Waals surface area contributed by atoms with Crippen LogP contribution in [0.5, 0.6) is 5.75 Å². The van der Waals surface area contributed by atoms with Gasteiger partial charge >= 0.3 is 40.7 Å². The van der Waals surface area contributed by atoms with Gasteiger partial charge in [-0.25, -0.2) is 0 Å². The minimum Gasteiger partial charge on any atom is -0.405 e. The second-order valence-electron chi connectivity index (χ2n) is 4.33. The van der Waals surface area contributed by atoms with Crippen molar-refractivity contribution in [3.05, 3.63) is 48.5 Å². The maximum atomic E-state index is 12.3. The van der Waals surface area contributed by atoms with Gasteiger partial charge in [-0.3, -0.25) is 0 Å². The SMILES string of the molecule is FF.[F-].[F][Sb]([F])([F])([F])[F].[NH2+]=Nc1ccccc1-c1ccccc1OC(F)(F)F. The molecule has 28 heavy (non-hydrogen) atoms. The maximum absolute atomic E-state index is 12.3. The summed E-state index contributed by atoms with van der Waals surface area (Å²) in [6, 6.07) is 12.5. The molecule has 0 spiro atoms. The Morgan fingerprint density at radius 2 is 1.18 bits per heavy atom. The molecule has 2 aromatic carbocycles. The molecular weight excluding hydrogens is 531 g/mol. The Morgan fingerprint density at radius 1 is 0.786 bits per heavy atom. The third-order valence-electron chi connectivity index (χ3n) is 2.45. The molecular formula is C13H10F11N2OSb. The fourth-order valence-electron chi connectivity index (χ4n) is 1.72. The van der Waals surface area contributed by atoms with E-state index in [-0.39, 0.29) is 16.0 Å². The average molecular weight is 541 g/mol. The summed E-state index contributed by atoms with van der Waals surface area (Å²) < 4.78 is 107. The first-order valence-electron chi connectivity index (χ1n) is 6.35. The van der Waals surface area contributed by atoms with Gasteiger partial charge < -0.3 is 9.44 Å². The van der Waals surface area contributed by atoms with Gasteiger partial charge in [0.1, 0.15) is 11.4 Å². The van der Waals surface area contributed by atoms with Crippen molar-refractivity contribution in [2.45, 2.75) is 6.36 Å². The smallest absolute Gasteiger partial charge is 0.405 e. The molecule has 0 aromatic heterocycles. The van der Waals surface area contributed by atoms with Crippen molar-refractivity contribution in [3.63, 3.8) is 0 Å². The number of para-hydroxylation sites is 1. The molecule has 3 nitrogen and oxygen atoms in total. The van der Waals surface area contributed by atoms with E-state index in [0.717, 1.165) is 0 Å². The molecule has 2 aromatic rings. The molecule has 0 radical (unpaired) electrons. The number of alkyl halides is 3. The van der Waals surface area contributed by atoms with E-state index in [1.54, 1.807) is 30.3 Å². The zero-order chi connectivity index (χ0) is 21.3. The van der Waals surface area contributed by atoms with E-state index in [2.05, 4.69) is 9.85 Å². The third kappa shape index (κ3) is 13.1. The van der Waals surface area contributed by atoms with Crippen molar-refractivity contribution < 1.29 is 51.4 Å². The Kier molecular flexibility index (Phi) is 11.1. The summed E-state index contributed by atoms with van der Waals surface area (Å²) in [7, 11) is 0. The molecule has 0 bridgehead atoms. The second kappa shape index (κ2) is 11.0. The van der Waals surface area contributed by atoms with Crippen LogP contribution in [0.2, 0.25) is 0 Å². The number of benzene rings is 2. The van der Waals surface area contributed by atoms with Crippen LogP contribution >= 0.6 is 0 Å². The largest absolute Gasteiger partial charge is 0.573 e. The van der Waals surface area contributed by atoms with Crippen LogP contribution in [0.3, 0.4) is 0 Å². The Labute approximate surface area is 154 Å². The zero-order valence-electron chi connectivity index (χ0n) is 13.2. The van der Waals surface area contributed by atoms with Crippen molar-refractivity contribution in [1.82, 2.24) is 0 Å². The normalized spacial score (nSPS) is 11.9. The van der Waals surface area contributed by atoms with Crippen LogP contribution in [0.1, 0.15) is 0 Å². The van der Waals surface area contributed by atoms with Crippen molar-refractivity contribution >= 4 is 26.0 Å². The monoisotopic (exact) mass is 540 g/mol. The molecule has 0 aliphatic heterocycles. The van der Waals surface area contributed by atoms with E-state index < -0.39 is 26.7 Å². The number of nitrogens with two attached hydrogens (primary N) is 1. The quantitative estimate of drug-likeness (QED) is 0.363. The van der Waals surface area contributed by atoms with Crippen LogP contribution in [0.25, 0.3) is 11.1 Å². The predicted molar refractivity (Wildman–Crippen MR) is 76.1 cm³/mol. The molecule has 160 valence electrons. The van der Waals surface area contributed by atoms with Crippen molar-refractivity contribution in [3.8, 4) is 16.9 Å². The predicted octanol–water partition coefficient (Wildman–Crippen LogP) is 2.66. The van der Waals surface area contributed by atoms with Gasteiger partial charge in [-0.05, 0) is 17.2 Å². The molecule has 0 aliphatic rings. The Hall–Kier alpha value is -2.11. The summed E-state index contributed by atoms with van der Waals surface area (Å²) in [6.07, 6.45) is -4.75. The summed E-state index contributed by atoms with van der Waals surface area (Å²) in [5.74, 6) is -0.286. The summed E-state index contributed by atoms with van der Waals surface area (Å²) in [5, 5.41) is 3.55. The van der Waals surface area contributed by atoms with Crippen LogP contribution < -0.4 is 15.0 Å². The third-order valence-corrected chi connectivity index (χ3v) is 2.45.